The summed E-state index contributed by atoms with van der Waals surface area (Å²) in [5.41, 5.74) is 8.10. The van der Waals surface area contributed by atoms with E-state index in [-0.39, 0.29) is 49.2 Å². The molecule has 0 heterocycles. The zero-order valence-electron chi connectivity index (χ0n) is 73.8. The van der Waals surface area contributed by atoms with Crippen molar-refractivity contribution in [2.24, 2.45) is 52.3 Å². The molecule has 11 rings (SSSR count). The molecule has 5 saturated carbocycles. The summed E-state index contributed by atoms with van der Waals surface area (Å²) in [6, 6.07) is 48.8. The normalized spacial score (nSPS) is 21.7. The Bertz CT molecular complexity index is 3360. The van der Waals surface area contributed by atoms with E-state index in [0.717, 1.165) is 84.9 Å². The van der Waals surface area contributed by atoms with Crippen LogP contribution in [-0.2, 0) is 18.9 Å². The summed E-state index contributed by atoms with van der Waals surface area (Å²) < 4.78 is 48.7. The molecule has 16 atom stereocenters. The number of ether oxygens (including phenoxy) is 8. The fourth-order valence-electron chi connectivity index (χ4n) is 16.1. The Morgan fingerprint density at radius 1 is 0.402 bits per heavy atom. The molecule has 11 nitrogen and oxygen atoms in total. The summed E-state index contributed by atoms with van der Waals surface area (Å²) in [7, 11) is 0. The number of aliphatic hydroxyl groups is 1. The molecule has 0 aliphatic heterocycles. The van der Waals surface area contributed by atoms with Gasteiger partial charge in [0.1, 0.15) is 34.5 Å². The van der Waals surface area contributed by atoms with Crippen LogP contribution in [0.5, 0.6) is 34.5 Å². The first-order valence-corrected chi connectivity index (χ1v) is 44.3. The second-order valence-electron chi connectivity index (χ2n) is 35.7. The Kier molecular flexibility index (Phi) is 41.5. The van der Waals surface area contributed by atoms with Gasteiger partial charge in [0.15, 0.2) is 0 Å². The number of benzene rings is 6. The second kappa shape index (κ2) is 49.1. The molecule has 0 radical (unpaired) electrons. The standard InChI is InChI=1S/C26H38O2.C22H36O2.C17H28O3.C16H26O2.2C10H14O/c1-4-17(2)20-8-11-23(12-9-20)27-25(26(3)16-19-6-10-22(26)14-19)28-24-15-18-5-7-21(24)13-18;1-5-18(4)20-11-13-21(14-12-20)24-22(17(2)3)23-16-15-19-9-7-6-8-10-19;1-6-13(2)14-7-9-15(10-8-14)20-16(17(3,4)5)19-12-11-18;1-6-13(5)14-8-10-15(11-9-14)18-16(12(3)4)17-7-2;2*1-3-8(2)9-4-6-10(11)7-5-9/h8-9,11-12,17-19,21-22,24-25H,4-7,10,13-16H2,1-3H3;11-14,17-19,22H,5-10,15-16H2,1-4H3;7-10,13,16,18H,6,11-12H2,1-5H3;8-13,16H,6-7H2,1-5H3;2*4-8,11H,3H2,1-2H3. The van der Waals surface area contributed by atoms with Crippen molar-refractivity contribution in [3.8, 4) is 34.5 Å². The summed E-state index contributed by atoms with van der Waals surface area (Å²) in [4.78, 5) is 0. The van der Waals surface area contributed by atoms with Gasteiger partial charge in [-0.2, -0.15) is 0 Å². The molecular weight excluding hydrogens is 1390 g/mol. The highest BCUT2D eigenvalue weighted by Gasteiger charge is 2.55. The molecule has 4 bridgehead atoms. The number of aliphatic hydroxyl groups excluding tert-OH is 1. The Morgan fingerprint density at radius 3 is 1.10 bits per heavy atom. The van der Waals surface area contributed by atoms with Crippen molar-refractivity contribution in [1.82, 2.24) is 0 Å². The third-order valence-electron chi connectivity index (χ3n) is 25.1. The average Bonchev–Trinajstić information content (AvgIpc) is 1.59. The maximum Gasteiger partial charge on any atom is 0.205 e. The Labute approximate surface area is 682 Å². The van der Waals surface area contributed by atoms with Gasteiger partial charge in [-0.3, -0.25) is 0 Å². The lowest BCUT2D eigenvalue weighted by molar-refractivity contribution is -0.204. The van der Waals surface area contributed by atoms with E-state index in [0.29, 0.717) is 71.6 Å². The maximum atomic E-state index is 9.01. The van der Waals surface area contributed by atoms with Gasteiger partial charge in [-0.05, 0) is 268 Å². The fourth-order valence-corrected chi connectivity index (χ4v) is 16.1. The van der Waals surface area contributed by atoms with Gasteiger partial charge in [0.2, 0.25) is 25.2 Å². The first-order valence-electron chi connectivity index (χ1n) is 44.3. The highest BCUT2D eigenvalue weighted by atomic mass is 16.7. The predicted octanol–water partition coefficient (Wildman–Crippen LogP) is 27.9. The van der Waals surface area contributed by atoms with Crippen LogP contribution in [0.3, 0.4) is 0 Å². The number of hydrogen-bond donors (Lipinski definition) is 3. The fraction of sp³-hybridized carbons (Fsp3) is 0.644. The third kappa shape index (κ3) is 31.2. The molecule has 5 fully saturated rings. The van der Waals surface area contributed by atoms with Crippen LogP contribution in [-0.4, -0.2) is 73.0 Å². The topological polar surface area (TPSA) is 135 Å². The zero-order chi connectivity index (χ0) is 81.9. The van der Waals surface area contributed by atoms with Crippen LogP contribution in [0.4, 0.5) is 0 Å². The quantitative estimate of drug-likeness (QED) is 0.0333. The van der Waals surface area contributed by atoms with Gasteiger partial charge in [-0.1, -0.05) is 250 Å². The average molecular weight is 1550 g/mol. The van der Waals surface area contributed by atoms with Crippen molar-refractivity contribution in [1.29, 1.82) is 0 Å². The van der Waals surface area contributed by atoms with E-state index in [1.54, 1.807) is 24.3 Å². The SMILES string of the molecule is CCC(C)c1ccc(O)cc1.CCC(C)c1ccc(O)cc1.CCC(C)c1ccc(OC(OC2CC3CCC2C3)C2(C)CC3CCC2C3)cc1.CCC(C)c1ccc(OC(OCCC2CCCCC2)C(C)C)cc1.CCC(C)c1ccc(OC(OCCO)C(C)(C)C)cc1.CCOC(Oc1ccc(C(C)CC)cc1)C(C)C. The highest BCUT2D eigenvalue weighted by Crippen LogP contribution is 2.59. The lowest BCUT2D eigenvalue weighted by atomic mass is 9.74. The first kappa shape index (κ1) is 94.8. The molecule has 0 amide bonds. The Morgan fingerprint density at radius 2 is 0.777 bits per heavy atom. The summed E-state index contributed by atoms with van der Waals surface area (Å²) in [6.07, 6.45) is 25.7. The first-order chi connectivity index (χ1) is 53.6. The second-order valence-corrected chi connectivity index (χ2v) is 35.7. The van der Waals surface area contributed by atoms with E-state index in [2.05, 4.69) is 211 Å². The monoisotopic (exact) mass is 1550 g/mol. The van der Waals surface area contributed by atoms with E-state index >= 15 is 0 Å². The minimum Gasteiger partial charge on any atom is -0.508 e. The molecule has 0 aromatic heterocycles. The predicted molar refractivity (Wildman–Crippen MR) is 467 cm³/mol. The van der Waals surface area contributed by atoms with Gasteiger partial charge in [0, 0.05) is 29.3 Å². The molecule has 16 unspecified atom stereocenters. The van der Waals surface area contributed by atoms with Crippen molar-refractivity contribution in [2.45, 2.75) is 341 Å². The lowest BCUT2D eigenvalue weighted by Gasteiger charge is -2.42. The van der Waals surface area contributed by atoms with Crippen molar-refractivity contribution < 1.29 is 53.2 Å². The van der Waals surface area contributed by atoms with Gasteiger partial charge >= 0.3 is 0 Å². The number of aromatic hydroxyl groups is 2. The third-order valence-corrected chi connectivity index (χ3v) is 25.1. The van der Waals surface area contributed by atoms with E-state index in [9.17, 15) is 0 Å². The number of hydrogen-bond acceptors (Lipinski definition) is 11. The molecule has 6 aromatic rings. The van der Waals surface area contributed by atoms with Gasteiger partial charge in [-0.15, -0.1) is 0 Å². The minimum atomic E-state index is -0.371. The summed E-state index contributed by atoms with van der Waals surface area (Å²) >= 11 is 0. The number of phenolic OH excluding ortho intramolecular Hbond substituents is 2. The van der Waals surface area contributed by atoms with Crippen LogP contribution in [0, 0.1) is 52.3 Å². The largest absolute Gasteiger partial charge is 0.508 e. The number of phenols is 2. The molecule has 5 aliphatic carbocycles. The van der Waals surface area contributed by atoms with Crippen molar-refractivity contribution in [3.63, 3.8) is 0 Å². The summed E-state index contributed by atoms with van der Waals surface area (Å²) in [5, 5.41) is 26.9. The number of rotatable bonds is 34. The molecule has 0 spiro atoms. The van der Waals surface area contributed by atoms with Crippen LogP contribution in [0.1, 0.15) is 343 Å². The minimum absolute atomic E-state index is 0.00287. The van der Waals surface area contributed by atoms with Gasteiger partial charge in [0.05, 0.1) is 25.9 Å². The highest BCUT2D eigenvalue weighted by molar-refractivity contribution is 5.34. The molecule has 0 saturated heterocycles. The maximum absolute atomic E-state index is 9.01. The Hall–Kier alpha value is -6.08. The molecule has 112 heavy (non-hydrogen) atoms. The van der Waals surface area contributed by atoms with Gasteiger partial charge < -0.3 is 53.2 Å². The molecule has 3 N–H and O–H groups in total. The van der Waals surface area contributed by atoms with Crippen LogP contribution >= 0.6 is 0 Å². The number of fused-ring (bicyclic) bond motifs is 4. The van der Waals surface area contributed by atoms with E-state index in [1.807, 2.05) is 55.5 Å². The van der Waals surface area contributed by atoms with Crippen molar-refractivity contribution in [3.05, 3.63) is 179 Å². The van der Waals surface area contributed by atoms with E-state index in [1.165, 1.54) is 136 Å². The van der Waals surface area contributed by atoms with Crippen LogP contribution < -0.4 is 18.9 Å². The Balaban J connectivity index is 0.000000216. The molecular formula is C101H156O11. The molecule has 626 valence electrons. The van der Waals surface area contributed by atoms with Crippen LogP contribution in [0.2, 0.25) is 0 Å². The molecule has 11 heteroatoms. The van der Waals surface area contributed by atoms with Crippen molar-refractivity contribution >= 4 is 0 Å². The van der Waals surface area contributed by atoms with Crippen LogP contribution in [0.25, 0.3) is 0 Å². The summed E-state index contributed by atoms with van der Waals surface area (Å²) in [5.74, 6) is 12.8. The van der Waals surface area contributed by atoms with Crippen LogP contribution in [0.15, 0.2) is 146 Å². The van der Waals surface area contributed by atoms with E-state index in [4.69, 9.17) is 53.2 Å². The summed E-state index contributed by atoms with van der Waals surface area (Å²) in [6.45, 7) is 47.6. The molecule has 5 aliphatic rings. The smallest absolute Gasteiger partial charge is 0.205 e. The van der Waals surface area contributed by atoms with E-state index < -0.39 is 0 Å². The molecule has 6 aromatic carbocycles. The zero-order valence-corrected chi connectivity index (χ0v) is 73.8. The van der Waals surface area contributed by atoms with Gasteiger partial charge in [-0.25, -0.2) is 0 Å². The van der Waals surface area contributed by atoms with Crippen molar-refractivity contribution in [2.75, 3.05) is 26.4 Å². The van der Waals surface area contributed by atoms with Gasteiger partial charge in [0.25, 0.3) is 0 Å². The lowest BCUT2D eigenvalue weighted by Crippen LogP contribution is -2.45.